The minimum atomic E-state index is -1.94. The summed E-state index contributed by atoms with van der Waals surface area (Å²) in [6.07, 6.45) is 61.9. The van der Waals surface area contributed by atoms with Crippen LogP contribution < -0.4 is 0 Å². The Labute approximate surface area is 478 Å². The topological polar surface area (TPSA) is 175 Å². The molecule has 0 aromatic heterocycles. The van der Waals surface area contributed by atoms with Gasteiger partial charge in [-0.2, -0.15) is 0 Å². The molecule has 12 nitrogen and oxygen atoms in total. The van der Waals surface area contributed by atoms with E-state index < -0.39 is 67.3 Å². The number of ether oxygens (including phenoxy) is 5. The fourth-order valence-electron chi connectivity index (χ4n) is 8.43. The largest absolute Gasteiger partial charge is 0.479 e. The molecule has 1 aliphatic rings. The predicted octanol–water partition coefficient (Wildman–Crippen LogP) is 16.0. The first-order chi connectivity index (χ1) is 38.6. The number of aliphatic hydroxyl groups excluding tert-OH is 2. The Morgan fingerprint density at radius 1 is 0.443 bits per heavy atom. The summed E-state index contributed by atoms with van der Waals surface area (Å²) < 4.78 is 28.3. The molecule has 0 saturated carbocycles. The van der Waals surface area contributed by atoms with Crippen molar-refractivity contribution >= 4 is 23.9 Å². The number of carbonyl (C=O) groups excluding carboxylic acids is 3. The molecule has 1 heterocycles. The van der Waals surface area contributed by atoms with Crippen LogP contribution in [0.3, 0.4) is 0 Å². The van der Waals surface area contributed by atoms with Crippen LogP contribution in [-0.4, -0.2) is 89.2 Å². The van der Waals surface area contributed by atoms with E-state index in [1.807, 2.05) is 12.2 Å². The number of carboxylic acid groups (broad SMARTS) is 1. The SMILES string of the molecule is CC/C=C\C/C=C\C/C=C\C/C=C\C/C=C\CC(=O)OC1C(OCC(COC(=O)CCCCCCCCCCC/C=C\C/C=C\CCCCC)OC(=O)CCCCCCC/C=C\C/C=C\C/C=C\CC)OC(C(=O)O)C(O)C1O. The first-order valence-electron chi connectivity index (χ1n) is 30.5. The van der Waals surface area contributed by atoms with Crippen molar-refractivity contribution in [1.29, 1.82) is 0 Å². The maximum Gasteiger partial charge on any atom is 0.335 e. The van der Waals surface area contributed by atoms with Gasteiger partial charge in [-0.05, 0) is 109 Å². The van der Waals surface area contributed by atoms with E-state index in [0.717, 1.165) is 109 Å². The number of esters is 3. The van der Waals surface area contributed by atoms with Gasteiger partial charge < -0.3 is 39.0 Å². The van der Waals surface area contributed by atoms with Crippen LogP contribution in [0.4, 0.5) is 0 Å². The maximum atomic E-state index is 13.2. The predicted molar refractivity (Wildman–Crippen MR) is 321 cm³/mol. The first-order valence-corrected chi connectivity index (χ1v) is 30.5. The summed E-state index contributed by atoms with van der Waals surface area (Å²) in [5, 5.41) is 31.5. The Kier molecular flexibility index (Phi) is 49.1. The molecule has 446 valence electrons. The number of hydrogen-bond donors (Lipinski definition) is 3. The quantitative estimate of drug-likeness (QED) is 0.0228. The third-order valence-corrected chi connectivity index (χ3v) is 13.0. The number of rotatable bonds is 50. The van der Waals surface area contributed by atoms with Gasteiger partial charge in [0.2, 0.25) is 0 Å². The molecule has 0 bridgehead atoms. The zero-order chi connectivity index (χ0) is 57.5. The van der Waals surface area contributed by atoms with Crippen LogP contribution in [0.5, 0.6) is 0 Å². The van der Waals surface area contributed by atoms with E-state index in [1.165, 1.54) is 57.8 Å². The van der Waals surface area contributed by atoms with Crippen molar-refractivity contribution in [3.8, 4) is 0 Å². The highest BCUT2D eigenvalue weighted by molar-refractivity contribution is 5.74. The second kappa shape index (κ2) is 53.7. The van der Waals surface area contributed by atoms with E-state index in [-0.39, 0.29) is 25.9 Å². The summed E-state index contributed by atoms with van der Waals surface area (Å²) in [5.41, 5.74) is 0. The van der Waals surface area contributed by atoms with Crippen LogP contribution in [0.2, 0.25) is 0 Å². The molecular formula is C67H106O12. The number of aliphatic hydroxyl groups is 2. The highest BCUT2D eigenvalue weighted by Crippen LogP contribution is 2.26. The molecule has 1 fully saturated rings. The molecule has 12 heteroatoms. The molecule has 0 aromatic rings. The van der Waals surface area contributed by atoms with E-state index in [0.29, 0.717) is 19.3 Å². The van der Waals surface area contributed by atoms with Gasteiger partial charge in [-0.25, -0.2) is 4.79 Å². The van der Waals surface area contributed by atoms with Gasteiger partial charge in [0.15, 0.2) is 24.6 Å². The van der Waals surface area contributed by atoms with E-state index in [1.54, 1.807) is 12.2 Å². The molecule has 1 aliphatic heterocycles. The van der Waals surface area contributed by atoms with Gasteiger partial charge in [0.05, 0.1) is 13.0 Å². The number of carboxylic acids is 1. The van der Waals surface area contributed by atoms with Gasteiger partial charge in [0, 0.05) is 12.8 Å². The molecule has 3 N–H and O–H groups in total. The zero-order valence-corrected chi connectivity index (χ0v) is 49.1. The number of hydrogen-bond acceptors (Lipinski definition) is 11. The average molecular weight is 1100 g/mol. The third-order valence-electron chi connectivity index (χ3n) is 13.0. The highest BCUT2D eigenvalue weighted by Gasteiger charge is 2.50. The zero-order valence-electron chi connectivity index (χ0n) is 49.1. The second-order valence-corrected chi connectivity index (χ2v) is 20.2. The standard InChI is InChI=1S/C67H106O12/c1-4-7-10-13-16-19-22-25-28-29-30-31-34-35-38-41-44-47-50-53-59(68)75-56-58(77-60(69)54-51-48-45-42-39-36-32-26-23-20-17-14-11-8-5-2)57-76-67-65(63(72)62(71)64(79-67)66(73)74)78-61(70)55-52-49-46-43-40-37-33-27-24-21-18-15-12-9-6-3/h8-9,11-12,16-21,25-28,32-33,40,43,49,52,58,62-65,67,71-72H,4-7,10,13-15,22-24,29-31,34-39,41-42,44-48,50-51,53-57H2,1-3H3,(H,73,74)/b11-8-,12-9-,19-16-,20-17-,21-18-,28-25-,32-26-,33-27-,43-40-,52-49-. The van der Waals surface area contributed by atoms with E-state index in [9.17, 15) is 34.5 Å². The minimum absolute atomic E-state index is 0.126. The van der Waals surface area contributed by atoms with Gasteiger partial charge >= 0.3 is 23.9 Å². The molecule has 0 aliphatic carbocycles. The van der Waals surface area contributed by atoms with E-state index in [2.05, 4.69) is 118 Å². The number of unbranched alkanes of at least 4 members (excludes halogenated alkanes) is 17. The lowest BCUT2D eigenvalue weighted by molar-refractivity contribution is -0.301. The van der Waals surface area contributed by atoms with Crippen molar-refractivity contribution < 1.29 is 58.2 Å². The van der Waals surface area contributed by atoms with Gasteiger partial charge in [0.25, 0.3) is 0 Å². The summed E-state index contributed by atoms with van der Waals surface area (Å²) in [7, 11) is 0. The molecule has 79 heavy (non-hydrogen) atoms. The van der Waals surface area contributed by atoms with Crippen LogP contribution in [0.25, 0.3) is 0 Å². The molecule has 6 unspecified atom stereocenters. The Balaban J connectivity index is 2.73. The molecule has 0 spiro atoms. The van der Waals surface area contributed by atoms with Gasteiger partial charge in [-0.3, -0.25) is 14.4 Å². The van der Waals surface area contributed by atoms with Crippen molar-refractivity contribution in [2.24, 2.45) is 0 Å². The Morgan fingerprint density at radius 2 is 0.835 bits per heavy atom. The van der Waals surface area contributed by atoms with Crippen LogP contribution in [-0.2, 0) is 42.9 Å². The van der Waals surface area contributed by atoms with Crippen LogP contribution in [0.15, 0.2) is 122 Å². The van der Waals surface area contributed by atoms with Crippen molar-refractivity contribution in [1.82, 2.24) is 0 Å². The Hall–Kier alpha value is -4.88. The number of aliphatic carboxylic acids is 1. The second-order valence-electron chi connectivity index (χ2n) is 20.2. The fourth-order valence-corrected chi connectivity index (χ4v) is 8.43. The molecule has 1 rings (SSSR count). The van der Waals surface area contributed by atoms with Crippen molar-refractivity contribution in [3.05, 3.63) is 122 Å². The molecule has 0 amide bonds. The van der Waals surface area contributed by atoms with Gasteiger partial charge in [-0.1, -0.05) is 219 Å². The van der Waals surface area contributed by atoms with Crippen LogP contribution in [0, 0.1) is 0 Å². The molecular weight excluding hydrogens is 997 g/mol. The Bertz CT molecular complexity index is 1840. The maximum absolute atomic E-state index is 13.2. The van der Waals surface area contributed by atoms with Crippen LogP contribution in [0.1, 0.15) is 226 Å². The van der Waals surface area contributed by atoms with E-state index >= 15 is 0 Å². The fraction of sp³-hybridized carbons (Fsp3) is 0.642. The Morgan fingerprint density at radius 3 is 1.28 bits per heavy atom. The number of allylic oxidation sites excluding steroid dienone is 19. The lowest BCUT2D eigenvalue weighted by Gasteiger charge is -2.40. The summed E-state index contributed by atoms with van der Waals surface area (Å²) in [6.45, 7) is 5.68. The monoisotopic (exact) mass is 1100 g/mol. The minimum Gasteiger partial charge on any atom is -0.479 e. The van der Waals surface area contributed by atoms with Crippen molar-refractivity contribution in [2.45, 2.75) is 263 Å². The van der Waals surface area contributed by atoms with Gasteiger partial charge in [0.1, 0.15) is 18.8 Å². The average Bonchev–Trinajstić information content (AvgIpc) is 3.44. The first kappa shape index (κ1) is 72.1. The molecule has 1 saturated heterocycles. The smallest absolute Gasteiger partial charge is 0.335 e. The highest BCUT2D eigenvalue weighted by atomic mass is 16.7. The summed E-state index contributed by atoms with van der Waals surface area (Å²) in [5.74, 6) is -3.32. The lowest BCUT2D eigenvalue weighted by Crippen LogP contribution is -2.61. The summed E-state index contributed by atoms with van der Waals surface area (Å²) in [4.78, 5) is 51.1. The van der Waals surface area contributed by atoms with Crippen LogP contribution >= 0.6 is 0 Å². The van der Waals surface area contributed by atoms with Crippen molar-refractivity contribution in [3.63, 3.8) is 0 Å². The summed E-state index contributed by atoms with van der Waals surface area (Å²) in [6, 6.07) is 0. The lowest BCUT2D eigenvalue weighted by atomic mass is 9.98. The molecule has 0 aromatic carbocycles. The number of carbonyl (C=O) groups is 4. The normalized spacial score (nSPS) is 18.7. The van der Waals surface area contributed by atoms with E-state index in [4.69, 9.17) is 23.7 Å². The summed E-state index contributed by atoms with van der Waals surface area (Å²) >= 11 is 0. The third kappa shape index (κ3) is 43.6. The molecule has 6 atom stereocenters. The molecule has 0 radical (unpaired) electrons. The van der Waals surface area contributed by atoms with Crippen molar-refractivity contribution in [2.75, 3.05) is 13.2 Å². The van der Waals surface area contributed by atoms with Gasteiger partial charge in [-0.15, -0.1) is 0 Å².